The van der Waals surface area contributed by atoms with E-state index >= 15 is 0 Å². The van der Waals surface area contributed by atoms with Crippen molar-refractivity contribution in [1.82, 2.24) is 5.32 Å². The smallest absolute Gasteiger partial charge is 0.114 e. The molecule has 0 amide bonds. The van der Waals surface area contributed by atoms with Gasteiger partial charge in [-0.05, 0) is 44.5 Å². The molecule has 0 saturated carbocycles. The van der Waals surface area contributed by atoms with Crippen LogP contribution in [-0.2, 0) is 0 Å². The maximum atomic E-state index is 5.36. The third-order valence-corrected chi connectivity index (χ3v) is 4.71. The van der Waals surface area contributed by atoms with Gasteiger partial charge in [-0.1, -0.05) is 30.7 Å². The van der Waals surface area contributed by atoms with Crippen LogP contribution in [0.3, 0.4) is 0 Å². The SMILES string of the molecule is CCNC(CSc1ccoc1C)c1cc(C)ccc1C. The van der Waals surface area contributed by atoms with Crippen LogP contribution in [0.2, 0.25) is 0 Å². The van der Waals surface area contributed by atoms with Crippen LogP contribution in [0.25, 0.3) is 0 Å². The summed E-state index contributed by atoms with van der Waals surface area (Å²) in [4.78, 5) is 1.23. The number of rotatable bonds is 6. The molecular formula is C17H23NOS. The van der Waals surface area contributed by atoms with Crippen molar-refractivity contribution >= 4 is 11.8 Å². The van der Waals surface area contributed by atoms with Gasteiger partial charge in [0.05, 0.1) is 6.26 Å². The Kier molecular flexibility index (Phi) is 5.32. The van der Waals surface area contributed by atoms with Gasteiger partial charge in [0.1, 0.15) is 5.76 Å². The predicted octanol–water partition coefficient (Wildman–Crippen LogP) is 4.65. The molecule has 0 aliphatic carbocycles. The summed E-state index contributed by atoms with van der Waals surface area (Å²) in [7, 11) is 0. The number of furan rings is 1. The van der Waals surface area contributed by atoms with Gasteiger partial charge in [-0.2, -0.15) is 0 Å². The van der Waals surface area contributed by atoms with Crippen LogP contribution in [0.4, 0.5) is 0 Å². The molecule has 1 unspecified atom stereocenters. The molecular weight excluding hydrogens is 266 g/mol. The maximum absolute atomic E-state index is 5.36. The van der Waals surface area contributed by atoms with Crippen LogP contribution in [0.1, 0.15) is 35.4 Å². The highest BCUT2D eigenvalue weighted by Crippen LogP contribution is 2.29. The third-order valence-electron chi connectivity index (χ3n) is 3.48. The highest BCUT2D eigenvalue weighted by Gasteiger charge is 2.14. The fourth-order valence-corrected chi connectivity index (χ4v) is 3.38. The zero-order chi connectivity index (χ0) is 14.5. The summed E-state index contributed by atoms with van der Waals surface area (Å²) in [5.41, 5.74) is 4.07. The molecule has 108 valence electrons. The molecule has 1 aromatic carbocycles. The largest absolute Gasteiger partial charge is 0.468 e. The molecule has 1 heterocycles. The second-order valence-electron chi connectivity index (χ2n) is 5.12. The Hall–Kier alpha value is -1.19. The van der Waals surface area contributed by atoms with E-state index in [1.807, 2.05) is 24.8 Å². The van der Waals surface area contributed by atoms with Crippen LogP contribution >= 0.6 is 11.8 Å². The summed E-state index contributed by atoms with van der Waals surface area (Å²) in [6, 6.07) is 9.11. The molecule has 0 aliphatic heterocycles. The third kappa shape index (κ3) is 3.68. The summed E-state index contributed by atoms with van der Waals surface area (Å²) in [5.74, 6) is 2.02. The second kappa shape index (κ2) is 7.00. The number of thioether (sulfide) groups is 1. The summed E-state index contributed by atoms with van der Waals surface area (Å²) in [5, 5.41) is 3.60. The summed E-state index contributed by atoms with van der Waals surface area (Å²) in [6.07, 6.45) is 1.76. The molecule has 0 spiro atoms. The standard InChI is InChI=1S/C17H23NOS/c1-5-18-16(11-20-17-8-9-19-14(17)4)15-10-12(2)6-7-13(15)3/h6-10,16,18H,5,11H2,1-4H3. The van der Waals surface area contributed by atoms with E-state index in [-0.39, 0.29) is 0 Å². The van der Waals surface area contributed by atoms with Gasteiger partial charge in [-0.3, -0.25) is 0 Å². The van der Waals surface area contributed by atoms with Gasteiger partial charge in [0.2, 0.25) is 0 Å². The van der Waals surface area contributed by atoms with E-state index in [1.165, 1.54) is 21.6 Å². The second-order valence-corrected chi connectivity index (χ2v) is 6.18. The van der Waals surface area contributed by atoms with Gasteiger partial charge in [-0.25, -0.2) is 0 Å². The molecule has 1 aromatic heterocycles. The molecule has 0 aliphatic rings. The van der Waals surface area contributed by atoms with Crippen molar-refractivity contribution in [1.29, 1.82) is 0 Å². The van der Waals surface area contributed by atoms with Crippen LogP contribution in [-0.4, -0.2) is 12.3 Å². The molecule has 1 N–H and O–H groups in total. The highest BCUT2D eigenvalue weighted by atomic mass is 32.2. The van der Waals surface area contributed by atoms with Crippen molar-refractivity contribution in [2.45, 2.75) is 38.6 Å². The fourth-order valence-electron chi connectivity index (χ4n) is 2.34. The maximum Gasteiger partial charge on any atom is 0.114 e. The van der Waals surface area contributed by atoms with E-state index in [2.05, 4.69) is 44.3 Å². The first kappa shape index (κ1) is 15.2. The van der Waals surface area contributed by atoms with E-state index in [0.29, 0.717) is 6.04 Å². The first-order valence-electron chi connectivity index (χ1n) is 7.09. The van der Waals surface area contributed by atoms with Crippen LogP contribution in [0.15, 0.2) is 39.8 Å². The van der Waals surface area contributed by atoms with Gasteiger partial charge < -0.3 is 9.73 Å². The van der Waals surface area contributed by atoms with E-state index in [4.69, 9.17) is 4.42 Å². The van der Waals surface area contributed by atoms with E-state index in [9.17, 15) is 0 Å². The summed E-state index contributed by atoms with van der Waals surface area (Å²) in [6.45, 7) is 9.49. The Morgan fingerprint density at radius 2 is 2.00 bits per heavy atom. The van der Waals surface area contributed by atoms with Crippen molar-refractivity contribution in [2.75, 3.05) is 12.3 Å². The number of benzene rings is 1. The molecule has 2 nitrogen and oxygen atoms in total. The Morgan fingerprint density at radius 1 is 1.20 bits per heavy atom. The summed E-state index contributed by atoms with van der Waals surface area (Å²) < 4.78 is 5.36. The van der Waals surface area contributed by atoms with Crippen LogP contribution in [0.5, 0.6) is 0 Å². The van der Waals surface area contributed by atoms with E-state index in [1.54, 1.807) is 6.26 Å². The zero-order valence-corrected chi connectivity index (χ0v) is 13.5. The monoisotopic (exact) mass is 289 g/mol. The molecule has 0 radical (unpaired) electrons. The molecule has 0 fully saturated rings. The normalized spacial score (nSPS) is 12.6. The van der Waals surface area contributed by atoms with Crippen molar-refractivity contribution in [3.05, 3.63) is 53.0 Å². The molecule has 2 rings (SSSR count). The van der Waals surface area contributed by atoms with Gasteiger partial charge in [0.25, 0.3) is 0 Å². The van der Waals surface area contributed by atoms with Crippen molar-refractivity contribution in [2.24, 2.45) is 0 Å². The quantitative estimate of drug-likeness (QED) is 0.784. The van der Waals surface area contributed by atoms with Gasteiger partial charge in [0.15, 0.2) is 0 Å². The lowest BCUT2D eigenvalue weighted by Gasteiger charge is -2.20. The van der Waals surface area contributed by atoms with Gasteiger partial charge in [0, 0.05) is 16.7 Å². The predicted molar refractivity (Wildman–Crippen MR) is 86.5 cm³/mol. The Labute approximate surface area is 126 Å². The summed E-state index contributed by atoms with van der Waals surface area (Å²) >= 11 is 1.85. The van der Waals surface area contributed by atoms with Crippen molar-refractivity contribution < 1.29 is 4.42 Å². The van der Waals surface area contributed by atoms with E-state index in [0.717, 1.165) is 18.1 Å². The van der Waals surface area contributed by atoms with Gasteiger partial charge >= 0.3 is 0 Å². The molecule has 3 heteroatoms. The number of aryl methyl sites for hydroxylation is 3. The lowest BCUT2D eigenvalue weighted by molar-refractivity contribution is 0.526. The minimum Gasteiger partial charge on any atom is -0.468 e. The van der Waals surface area contributed by atoms with E-state index < -0.39 is 0 Å². The molecule has 20 heavy (non-hydrogen) atoms. The minimum atomic E-state index is 0.374. The fraction of sp³-hybridized carbons (Fsp3) is 0.412. The molecule has 2 aromatic rings. The number of hydrogen-bond donors (Lipinski definition) is 1. The zero-order valence-electron chi connectivity index (χ0n) is 12.7. The first-order valence-corrected chi connectivity index (χ1v) is 8.07. The molecule has 1 atom stereocenters. The lowest BCUT2D eigenvalue weighted by Crippen LogP contribution is -2.23. The molecule has 0 saturated heterocycles. The van der Waals surface area contributed by atoms with Crippen LogP contribution in [0, 0.1) is 20.8 Å². The Morgan fingerprint density at radius 3 is 2.65 bits per heavy atom. The number of hydrogen-bond acceptors (Lipinski definition) is 3. The van der Waals surface area contributed by atoms with Gasteiger partial charge in [-0.15, -0.1) is 11.8 Å². The highest BCUT2D eigenvalue weighted by molar-refractivity contribution is 7.99. The van der Waals surface area contributed by atoms with Crippen molar-refractivity contribution in [3.63, 3.8) is 0 Å². The lowest BCUT2D eigenvalue weighted by atomic mass is 10.00. The van der Waals surface area contributed by atoms with Crippen LogP contribution < -0.4 is 5.32 Å². The first-order chi connectivity index (χ1) is 9.61. The Bertz CT molecular complexity index is 562. The number of nitrogens with one attached hydrogen (secondary N) is 1. The minimum absolute atomic E-state index is 0.374. The average molecular weight is 289 g/mol. The topological polar surface area (TPSA) is 25.2 Å². The molecule has 0 bridgehead atoms. The van der Waals surface area contributed by atoms with Crippen molar-refractivity contribution in [3.8, 4) is 0 Å². The average Bonchev–Trinajstić information content (AvgIpc) is 2.83. The Balaban J connectivity index is 2.14.